The summed E-state index contributed by atoms with van der Waals surface area (Å²) in [4.78, 5) is 37.1. The monoisotopic (exact) mass is 300 g/mol. The first-order chi connectivity index (χ1) is 9.62. The highest BCUT2D eigenvalue weighted by molar-refractivity contribution is 6.02. The maximum Gasteiger partial charge on any atom is 0.410 e. The molecule has 1 heterocycles. The summed E-state index contributed by atoms with van der Waals surface area (Å²) in [5, 5.41) is 0. The quantitative estimate of drug-likeness (QED) is 0.620. The van der Waals surface area contributed by atoms with Crippen molar-refractivity contribution < 1.29 is 23.9 Å². The Morgan fingerprint density at radius 3 is 2.10 bits per heavy atom. The number of esters is 1. The number of hydrogen-bond donors (Lipinski definition) is 1. The van der Waals surface area contributed by atoms with Crippen molar-refractivity contribution in [1.82, 2.24) is 4.90 Å². The fourth-order valence-electron chi connectivity index (χ4n) is 2.22. The molecule has 1 fully saturated rings. The van der Waals surface area contributed by atoms with Crippen LogP contribution in [-0.4, -0.2) is 48.2 Å². The summed E-state index contributed by atoms with van der Waals surface area (Å²) in [6, 6.07) is 0. The predicted octanol–water partition coefficient (Wildman–Crippen LogP) is 1.05. The van der Waals surface area contributed by atoms with E-state index in [9.17, 15) is 14.4 Å². The van der Waals surface area contributed by atoms with E-state index >= 15 is 0 Å². The minimum Gasteiger partial charge on any atom is -0.465 e. The first kappa shape index (κ1) is 17.3. The van der Waals surface area contributed by atoms with Crippen molar-refractivity contribution in [1.29, 1.82) is 0 Å². The Labute approximate surface area is 124 Å². The molecule has 21 heavy (non-hydrogen) atoms. The molecule has 2 N–H and O–H groups in total. The third kappa shape index (κ3) is 4.09. The molecule has 0 aromatic heterocycles. The molecule has 0 radical (unpaired) electrons. The third-order valence-corrected chi connectivity index (χ3v) is 3.41. The summed E-state index contributed by atoms with van der Waals surface area (Å²) in [6.07, 6.45) is -0.148. The van der Waals surface area contributed by atoms with Crippen molar-refractivity contribution in [3.8, 4) is 0 Å². The first-order valence-electron chi connectivity index (χ1n) is 7.07. The number of ether oxygens (including phenoxy) is 2. The van der Waals surface area contributed by atoms with Gasteiger partial charge in [0.1, 0.15) is 11.0 Å². The molecular formula is C14H24N2O5. The van der Waals surface area contributed by atoms with Gasteiger partial charge in [-0.1, -0.05) is 0 Å². The van der Waals surface area contributed by atoms with E-state index in [2.05, 4.69) is 0 Å². The molecule has 0 aliphatic carbocycles. The molecule has 1 saturated heterocycles. The van der Waals surface area contributed by atoms with Crippen LogP contribution in [-0.2, 0) is 19.1 Å². The van der Waals surface area contributed by atoms with Gasteiger partial charge in [-0.25, -0.2) is 4.79 Å². The fourth-order valence-corrected chi connectivity index (χ4v) is 2.22. The molecule has 1 aliphatic heterocycles. The van der Waals surface area contributed by atoms with Crippen LogP contribution in [0.3, 0.4) is 0 Å². The average molecular weight is 300 g/mol. The molecule has 0 unspecified atom stereocenters. The summed E-state index contributed by atoms with van der Waals surface area (Å²) in [6.45, 7) is 7.66. The van der Waals surface area contributed by atoms with Crippen LogP contribution >= 0.6 is 0 Å². The Hall–Kier alpha value is -1.79. The smallest absolute Gasteiger partial charge is 0.410 e. The Kier molecular flexibility index (Phi) is 5.20. The largest absolute Gasteiger partial charge is 0.465 e. The Morgan fingerprint density at radius 2 is 1.71 bits per heavy atom. The van der Waals surface area contributed by atoms with Crippen LogP contribution in [0.5, 0.6) is 0 Å². The molecule has 0 bridgehead atoms. The molecule has 0 spiro atoms. The average Bonchev–Trinajstić information content (AvgIpc) is 2.36. The van der Waals surface area contributed by atoms with Crippen LogP contribution in [0.4, 0.5) is 4.79 Å². The van der Waals surface area contributed by atoms with E-state index in [1.807, 2.05) is 0 Å². The van der Waals surface area contributed by atoms with Gasteiger partial charge >= 0.3 is 12.1 Å². The molecule has 0 saturated carbocycles. The van der Waals surface area contributed by atoms with Crippen molar-refractivity contribution in [2.75, 3.05) is 19.7 Å². The van der Waals surface area contributed by atoms with Gasteiger partial charge in [0.25, 0.3) is 0 Å². The Morgan fingerprint density at radius 1 is 1.19 bits per heavy atom. The maximum absolute atomic E-state index is 12.0. The normalized spacial score (nSPS) is 18.0. The fraction of sp³-hybridized carbons (Fsp3) is 0.786. The van der Waals surface area contributed by atoms with Crippen molar-refractivity contribution in [3.63, 3.8) is 0 Å². The second-order valence-corrected chi connectivity index (χ2v) is 6.13. The number of rotatable bonds is 3. The molecule has 0 atom stereocenters. The van der Waals surface area contributed by atoms with Gasteiger partial charge < -0.3 is 20.1 Å². The third-order valence-electron chi connectivity index (χ3n) is 3.41. The molecule has 0 aromatic carbocycles. The van der Waals surface area contributed by atoms with Crippen LogP contribution in [0.25, 0.3) is 0 Å². The highest BCUT2D eigenvalue weighted by Gasteiger charge is 2.49. The van der Waals surface area contributed by atoms with Gasteiger partial charge in [-0.3, -0.25) is 9.59 Å². The van der Waals surface area contributed by atoms with Crippen LogP contribution in [0.15, 0.2) is 0 Å². The number of likely N-dealkylation sites (tertiary alicyclic amines) is 1. The summed E-state index contributed by atoms with van der Waals surface area (Å²) in [5.74, 6) is -1.31. The number of nitrogens with zero attached hydrogens (tertiary/aromatic N) is 1. The number of nitrogens with two attached hydrogens (primary N) is 1. The number of amides is 2. The molecule has 1 aliphatic rings. The van der Waals surface area contributed by atoms with Gasteiger partial charge in [-0.2, -0.15) is 0 Å². The van der Waals surface area contributed by atoms with Gasteiger partial charge in [0.15, 0.2) is 0 Å². The molecule has 7 heteroatoms. The number of carbonyl (C=O) groups is 3. The van der Waals surface area contributed by atoms with Crippen molar-refractivity contribution in [3.05, 3.63) is 0 Å². The van der Waals surface area contributed by atoms with Crippen molar-refractivity contribution >= 4 is 18.0 Å². The lowest BCUT2D eigenvalue weighted by Crippen LogP contribution is -2.53. The SMILES string of the molecule is CCOC(=O)C1(C(N)=O)CCN(C(=O)OC(C)(C)C)CC1. The number of carbonyl (C=O) groups excluding carboxylic acids is 3. The zero-order chi connectivity index (χ0) is 16.3. The lowest BCUT2D eigenvalue weighted by molar-refractivity contribution is -0.163. The zero-order valence-electron chi connectivity index (χ0n) is 13.1. The molecule has 2 amide bonds. The summed E-state index contributed by atoms with van der Waals surface area (Å²) in [7, 11) is 0. The number of primary amides is 1. The molecule has 0 aromatic rings. The predicted molar refractivity (Wildman–Crippen MR) is 75.3 cm³/mol. The van der Waals surface area contributed by atoms with Gasteiger partial charge in [0.2, 0.25) is 5.91 Å². The van der Waals surface area contributed by atoms with Gasteiger partial charge in [-0.15, -0.1) is 0 Å². The van der Waals surface area contributed by atoms with E-state index in [1.54, 1.807) is 27.7 Å². The lowest BCUT2D eigenvalue weighted by Gasteiger charge is -2.38. The molecule has 120 valence electrons. The van der Waals surface area contributed by atoms with Gasteiger partial charge in [0, 0.05) is 13.1 Å². The molecule has 1 rings (SSSR count). The van der Waals surface area contributed by atoms with E-state index in [1.165, 1.54) is 4.90 Å². The Balaban J connectivity index is 2.73. The highest BCUT2D eigenvalue weighted by atomic mass is 16.6. The van der Waals surface area contributed by atoms with Crippen LogP contribution in [0.1, 0.15) is 40.5 Å². The zero-order valence-corrected chi connectivity index (χ0v) is 13.1. The second kappa shape index (κ2) is 6.32. The first-order valence-corrected chi connectivity index (χ1v) is 7.07. The minimum absolute atomic E-state index is 0.153. The maximum atomic E-state index is 12.0. The summed E-state index contributed by atoms with van der Waals surface area (Å²) < 4.78 is 10.2. The van der Waals surface area contributed by atoms with Crippen molar-refractivity contribution in [2.45, 2.75) is 46.1 Å². The molecular weight excluding hydrogens is 276 g/mol. The van der Waals surface area contributed by atoms with E-state index in [-0.39, 0.29) is 32.5 Å². The lowest BCUT2D eigenvalue weighted by atomic mass is 9.77. The van der Waals surface area contributed by atoms with Gasteiger partial charge in [0.05, 0.1) is 6.61 Å². The standard InChI is InChI=1S/C14H24N2O5/c1-5-20-11(18)14(10(15)17)6-8-16(9-7-14)12(19)21-13(2,3)4/h5-9H2,1-4H3,(H2,15,17). The van der Waals surface area contributed by atoms with E-state index < -0.39 is 29.0 Å². The van der Waals surface area contributed by atoms with Crippen LogP contribution in [0, 0.1) is 5.41 Å². The van der Waals surface area contributed by atoms with Crippen LogP contribution in [0.2, 0.25) is 0 Å². The van der Waals surface area contributed by atoms with Gasteiger partial charge in [-0.05, 0) is 40.5 Å². The summed E-state index contributed by atoms with van der Waals surface area (Å²) >= 11 is 0. The van der Waals surface area contributed by atoms with E-state index in [0.29, 0.717) is 0 Å². The molecule has 7 nitrogen and oxygen atoms in total. The summed E-state index contributed by atoms with van der Waals surface area (Å²) in [5.41, 5.74) is 3.46. The Bertz CT molecular complexity index is 420. The number of piperidine rings is 1. The minimum atomic E-state index is -1.34. The second-order valence-electron chi connectivity index (χ2n) is 6.13. The van der Waals surface area contributed by atoms with Crippen molar-refractivity contribution in [2.24, 2.45) is 11.1 Å². The van der Waals surface area contributed by atoms with Crippen LogP contribution < -0.4 is 5.73 Å². The van der Waals surface area contributed by atoms with E-state index in [4.69, 9.17) is 15.2 Å². The highest BCUT2D eigenvalue weighted by Crippen LogP contribution is 2.33. The van der Waals surface area contributed by atoms with E-state index in [0.717, 1.165) is 0 Å². The number of hydrogen-bond acceptors (Lipinski definition) is 5. The topological polar surface area (TPSA) is 98.9 Å².